The lowest BCUT2D eigenvalue weighted by Crippen LogP contribution is -2.36. The number of fused-ring (bicyclic) bond motifs is 1. The van der Waals surface area contributed by atoms with Crippen LogP contribution in [0.5, 0.6) is 0 Å². The highest BCUT2D eigenvalue weighted by atomic mass is 19.4. The highest BCUT2D eigenvalue weighted by Gasteiger charge is 2.31. The molecule has 0 radical (unpaired) electrons. The van der Waals surface area contributed by atoms with Crippen molar-refractivity contribution in [1.82, 2.24) is 29.3 Å². The van der Waals surface area contributed by atoms with Gasteiger partial charge >= 0.3 is 6.30 Å². The highest BCUT2D eigenvalue weighted by molar-refractivity contribution is 5.69. The van der Waals surface area contributed by atoms with E-state index in [4.69, 9.17) is 0 Å². The minimum atomic E-state index is -4.57. The van der Waals surface area contributed by atoms with E-state index in [1.54, 1.807) is 10.7 Å². The number of alkyl halides is 3. The third kappa shape index (κ3) is 4.29. The molecule has 0 spiro atoms. The zero-order chi connectivity index (χ0) is 20.6. The maximum absolute atomic E-state index is 12.7. The molecule has 0 aromatic carbocycles. The lowest BCUT2D eigenvalue weighted by atomic mass is 9.90. The Morgan fingerprint density at radius 1 is 1.17 bits per heavy atom. The molecule has 0 amide bonds. The van der Waals surface area contributed by atoms with Crippen molar-refractivity contribution in [2.24, 2.45) is 0 Å². The van der Waals surface area contributed by atoms with Crippen molar-refractivity contribution in [3.63, 3.8) is 0 Å². The minimum absolute atomic E-state index is 0.0636. The third-order valence-electron chi connectivity index (χ3n) is 5.26. The van der Waals surface area contributed by atoms with Crippen LogP contribution in [0.3, 0.4) is 0 Å². The van der Waals surface area contributed by atoms with E-state index >= 15 is 0 Å². The van der Waals surface area contributed by atoms with Crippen LogP contribution in [-0.2, 0) is 6.30 Å². The number of nitrogens with zero attached hydrogens (tertiary/aromatic N) is 6. The SMILES string of the molecule is CN(C)C1CCC(Nc2nc(Nc3cnn(C(F)(F)F)c3)nn3cccc23)CC1. The molecular weight excluding hydrogens is 385 g/mol. The average Bonchev–Trinajstić information content (AvgIpc) is 3.31. The summed E-state index contributed by atoms with van der Waals surface area (Å²) in [5.41, 5.74) is 0.975. The van der Waals surface area contributed by atoms with Gasteiger partial charge in [-0.15, -0.1) is 18.3 Å². The number of hydrogen-bond donors (Lipinski definition) is 2. The van der Waals surface area contributed by atoms with Gasteiger partial charge in [0.05, 0.1) is 18.1 Å². The van der Waals surface area contributed by atoms with E-state index in [1.807, 2.05) is 12.1 Å². The largest absolute Gasteiger partial charge is 0.504 e. The van der Waals surface area contributed by atoms with Gasteiger partial charge in [0.15, 0.2) is 5.82 Å². The fourth-order valence-corrected chi connectivity index (χ4v) is 3.68. The monoisotopic (exact) mass is 408 g/mol. The Balaban J connectivity index is 1.52. The summed E-state index contributed by atoms with van der Waals surface area (Å²) in [5.74, 6) is 0.851. The molecule has 2 N–H and O–H groups in total. The van der Waals surface area contributed by atoms with Crippen molar-refractivity contribution in [1.29, 1.82) is 0 Å². The molecule has 3 aromatic heterocycles. The molecule has 3 heterocycles. The summed E-state index contributed by atoms with van der Waals surface area (Å²) in [7, 11) is 4.21. The lowest BCUT2D eigenvalue weighted by molar-refractivity contribution is -0.212. The van der Waals surface area contributed by atoms with E-state index in [0.29, 0.717) is 17.9 Å². The Hall–Kier alpha value is -2.82. The van der Waals surface area contributed by atoms with Gasteiger partial charge < -0.3 is 15.5 Å². The molecule has 8 nitrogen and oxygen atoms in total. The highest BCUT2D eigenvalue weighted by Crippen LogP contribution is 2.27. The third-order valence-corrected chi connectivity index (χ3v) is 5.26. The number of anilines is 3. The topological polar surface area (TPSA) is 75.3 Å². The summed E-state index contributed by atoms with van der Waals surface area (Å²) in [6.07, 6.45) is 3.43. The molecule has 4 rings (SSSR count). The number of nitrogens with one attached hydrogen (secondary N) is 2. The Kier molecular flexibility index (Phi) is 5.07. The Morgan fingerprint density at radius 3 is 2.59 bits per heavy atom. The zero-order valence-corrected chi connectivity index (χ0v) is 16.2. The molecule has 0 bridgehead atoms. The van der Waals surface area contributed by atoms with Crippen molar-refractivity contribution < 1.29 is 13.2 Å². The van der Waals surface area contributed by atoms with Crippen LogP contribution < -0.4 is 10.6 Å². The fourth-order valence-electron chi connectivity index (χ4n) is 3.68. The molecule has 1 aliphatic carbocycles. The minimum Gasteiger partial charge on any atom is -0.365 e. The number of aromatic nitrogens is 5. The van der Waals surface area contributed by atoms with Gasteiger partial charge in [-0.05, 0) is 51.9 Å². The van der Waals surface area contributed by atoms with Crippen LogP contribution in [0.2, 0.25) is 0 Å². The van der Waals surface area contributed by atoms with Gasteiger partial charge in [0, 0.05) is 18.3 Å². The van der Waals surface area contributed by atoms with Crippen LogP contribution in [0.1, 0.15) is 25.7 Å². The molecule has 0 unspecified atom stereocenters. The van der Waals surface area contributed by atoms with E-state index in [2.05, 4.69) is 44.8 Å². The van der Waals surface area contributed by atoms with Gasteiger partial charge in [-0.3, -0.25) is 0 Å². The van der Waals surface area contributed by atoms with Gasteiger partial charge in [0.1, 0.15) is 5.52 Å². The fraction of sp³-hybridized carbons (Fsp3) is 0.500. The molecular formula is C18H23F3N8. The van der Waals surface area contributed by atoms with Crippen LogP contribution in [0, 0.1) is 0 Å². The van der Waals surface area contributed by atoms with E-state index in [0.717, 1.165) is 43.6 Å². The maximum Gasteiger partial charge on any atom is 0.504 e. The lowest BCUT2D eigenvalue weighted by Gasteiger charge is -2.33. The van der Waals surface area contributed by atoms with Crippen molar-refractivity contribution >= 4 is 23.0 Å². The summed E-state index contributed by atoms with van der Waals surface area (Å²) < 4.78 is 39.8. The molecule has 1 fully saturated rings. The smallest absolute Gasteiger partial charge is 0.365 e. The summed E-state index contributed by atoms with van der Waals surface area (Å²) in [6, 6.07) is 4.64. The molecule has 3 aromatic rings. The summed E-state index contributed by atoms with van der Waals surface area (Å²) in [6.45, 7) is 0. The Morgan fingerprint density at radius 2 is 1.93 bits per heavy atom. The molecule has 11 heteroatoms. The predicted molar refractivity (Wildman–Crippen MR) is 103 cm³/mol. The maximum atomic E-state index is 12.7. The molecule has 156 valence electrons. The van der Waals surface area contributed by atoms with E-state index in [1.165, 1.54) is 0 Å². The van der Waals surface area contributed by atoms with E-state index < -0.39 is 6.30 Å². The molecule has 0 saturated heterocycles. The van der Waals surface area contributed by atoms with Gasteiger partial charge in [0.25, 0.3) is 0 Å². The first-order chi connectivity index (χ1) is 13.8. The number of hydrogen-bond acceptors (Lipinski definition) is 6. The second kappa shape index (κ2) is 7.54. The molecule has 29 heavy (non-hydrogen) atoms. The Bertz CT molecular complexity index is 969. The van der Waals surface area contributed by atoms with Gasteiger partial charge in [-0.25, -0.2) is 4.52 Å². The number of halogens is 3. The molecule has 0 atom stereocenters. The van der Waals surface area contributed by atoms with Gasteiger partial charge in [-0.2, -0.15) is 14.8 Å². The van der Waals surface area contributed by atoms with E-state index in [9.17, 15) is 13.2 Å². The molecule has 1 saturated carbocycles. The second-order valence-electron chi connectivity index (χ2n) is 7.50. The van der Waals surface area contributed by atoms with Crippen molar-refractivity contribution in [2.75, 3.05) is 24.7 Å². The first-order valence-corrected chi connectivity index (χ1v) is 9.47. The van der Waals surface area contributed by atoms with E-state index in [-0.39, 0.29) is 16.3 Å². The number of rotatable bonds is 5. The first kappa shape index (κ1) is 19.5. The second-order valence-corrected chi connectivity index (χ2v) is 7.50. The van der Waals surface area contributed by atoms with Crippen molar-refractivity contribution in [3.8, 4) is 0 Å². The first-order valence-electron chi connectivity index (χ1n) is 9.47. The van der Waals surface area contributed by atoms with Crippen LogP contribution in [0.15, 0.2) is 30.7 Å². The summed E-state index contributed by atoms with van der Waals surface area (Å²) in [5, 5.41) is 13.9. The Labute approximate surface area is 165 Å². The van der Waals surface area contributed by atoms with Crippen molar-refractivity contribution in [3.05, 3.63) is 30.7 Å². The predicted octanol–water partition coefficient (Wildman–Crippen LogP) is 3.43. The standard InChI is InChI=1S/C18H23F3N8/c1-27(2)14-7-5-12(6-8-14)23-16-15-4-3-9-28(15)26-17(25-16)24-13-10-22-29(11-13)18(19,20)21/h3-4,9-12,14H,5-8H2,1-2H3,(H2,23,24,25,26). The summed E-state index contributed by atoms with van der Waals surface area (Å²) >= 11 is 0. The van der Waals surface area contributed by atoms with Gasteiger partial charge in [-0.1, -0.05) is 0 Å². The van der Waals surface area contributed by atoms with Crippen LogP contribution in [-0.4, -0.2) is 55.5 Å². The van der Waals surface area contributed by atoms with Gasteiger partial charge in [0.2, 0.25) is 5.95 Å². The quantitative estimate of drug-likeness (QED) is 0.674. The normalized spacial score (nSPS) is 20.3. The summed E-state index contributed by atoms with van der Waals surface area (Å²) in [4.78, 5) is 6.76. The molecule has 1 aliphatic rings. The average molecular weight is 408 g/mol. The van der Waals surface area contributed by atoms with Crippen LogP contribution >= 0.6 is 0 Å². The van der Waals surface area contributed by atoms with Crippen LogP contribution in [0.4, 0.5) is 30.6 Å². The van der Waals surface area contributed by atoms with Crippen LogP contribution in [0.25, 0.3) is 5.52 Å². The molecule has 0 aliphatic heterocycles. The van der Waals surface area contributed by atoms with Crippen molar-refractivity contribution in [2.45, 2.75) is 44.1 Å². The zero-order valence-electron chi connectivity index (χ0n) is 16.2.